The van der Waals surface area contributed by atoms with Crippen LogP contribution in [0.4, 0.5) is 0 Å². The third-order valence-electron chi connectivity index (χ3n) is 0.868. The molecule has 0 spiro atoms. The molecule has 0 saturated heterocycles. The molecule has 0 amide bonds. The van der Waals surface area contributed by atoms with Gasteiger partial charge in [0.1, 0.15) is 0 Å². The van der Waals surface area contributed by atoms with Crippen LogP contribution in [-0.2, 0) is 14.5 Å². The molecule has 0 saturated carbocycles. The molecule has 4 nitrogen and oxygen atoms in total. The van der Waals surface area contributed by atoms with Crippen molar-refractivity contribution in [2.75, 3.05) is 12.4 Å². The van der Waals surface area contributed by atoms with Crippen LogP contribution in [-0.4, -0.2) is 33.6 Å². The van der Waals surface area contributed by atoms with Gasteiger partial charge in [0, 0.05) is 6.61 Å². The van der Waals surface area contributed by atoms with Crippen LogP contribution in [0, 0.1) is 0 Å². The summed E-state index contributed by atoms with van der Waals surface area (Å²) in [6.45, 7) is 5.83. The molecule has 0 aromatic rings. The molecule has 0 aromatic heterocycles. The van der Waals surface area contributed by atoms with E-state index in [1.165, 1.54) is 0 Å². The van der Waals surface area contributed by atoms with Gasteiger partial charge in [0.2, 0.25) is 0 Å². The first kappa shape index (κ1) is 15.6. The van der Waals surface area contributed by atoms with Crippen molar-refractivity contribution >= 4 is 18.4 Å². The van der Waals surface area contributed by atoms with Gasteiger partial charge < -0.3 is 8.98 Å². The summed E-state index contributed by atoms with van der Waals surface area (Å²) in [5.41, 5.74) is 0. The summed E-state index contributed by atoms with van der Waals surface area (Å²) in [5, 5.41) is 0. The van der Waals surface area contributed by atoms with Crippen molar-refractivity contribution in [3.8, 4) is 0 Å². The van der Waals surface area contributed by atoms with Gasteiger partial charge in [-0.25, -0.2) is 8.42 Å². The van der Waals surface area contributed by atoms with Gasteiger partial charge >= 0.3 is 29.6 Å². The van der Waals surface area contributed by atoms with E-state index in [0.717, 1.165) is 0 Å². The maximum absolute atomic E-state index is 10.1. The number of hydrogen-bond acceptors (Lipinski definition) is 4. The molecule has 7 heteroatoms. The first-order chi connectivity index (χ1) is 4.71. The third kappa shape index (κ3) is 13.7. The van der Waals surface area contributed by atoms with Gasteiger partial charge in [-0.2, -0.15) is 0 Å². The zero-order valence-corrected chi connectivity index (χ0v) is 11.8. The van der Waals surface area contributed by atoms with Crippen molar-refractivity contribution < 1.29 is 47.0 Å². The Labute approximate surface area is 96.9 Å². The van der Waals surface area contributed by atoms with E-state index < -0.39 is 24.2 Å². The molecule has 0 aromatic carbocycles. The van der Waals surface area contributed by atoms with E-state index in [1.807, 2.05) is 19.6 Å². The van der Waals surface area contributed by atoms with E-state index in [1.54, 1.807) is 0 Å². The zero-order valence-electron chi connectivity index (χ0n) is 7.96. The van der Waals surface area contributed by atoms with Crippen molar-refractivity contribution in [2.45, 2.75) is 19.6 Å². The summed E-state index contributed by atoms with van der Waals surface area (Å²) in [6, 6.07) is 0. The Hall–Kier alpha value is 1.09. The zero-order chi connectivity index (χ0) is 9.12. The van der Waals surface area contributed by atoms with Crippen molar-refractivity contribution in [1.82, 2.24) is 0 Å². The summed E-state index contributed by atoms with van der Waals surface area (Å²) < 4.78 is 35.5. The van der Waals surface area contributed by atoms with Gasteiger partial charge in [-0.3, -0.25) is 0 Å². The minimum absolute atomic E-state index is 0. The molecule has 0 aliphatic heterocycles. The molecular weight excluding hydrogens is 207 g/mol. The Morgan fingerprint density at radius 1 is 1.33 bits per heavy atom. The molecule has 0 heterocycles. The maximum Gasteiger partial charge on any atom is 1.00 e. The molecule has 68 valence electrons. The quantitative estimate of drug-likeness (QED) is 0.384. The monoisotopic (exact) mass is 220 g/mol. The minimum Gasteiger partial charge on any atom is -0.748 e. The van der Waals surface area contributed by atoms with Gasteiger partial charge in [0.05, 0.1) is 15.9 Å². The van der Waals surface area contributed by atoms with Gasteiger partial charge in [0.15, 0.2) is 8.32 Å². The Morgan fingerprint density at radius 3 is 2.00 bits per heavy atom. The summed E-state index contributed by atoms with van der Waals surface area (Å²) in [7, 11) is -5.76. The number of hydrogen-bond donors (Lipinski definition) is 0. The SMILES string of the molecule is C[Si](C)(C)OCCS(=O)(=O)[O-].[Na+]. The van der Waals surface area contributed by atoms with Crippen LogP contribution >= 0.6 is 0 Å². The Morgan fingerprint density at radius 2 is 1.75 bits per heavy atom. The van der Waals surface area contributed by atoms with Gasteiger partial charge in [-0.15, -0.1) is 0 Å². The van der Waals surface area contributed by atoms with Crippen LogP contribution < -0.4 is 29.6 Å². The summed E-state index contributed by atoms with van der Waals surface area (Å²) in [4.78, 5) is 0. The Kier molecular flexibility index (Phi) is 7.44. The van der Waals surface area contributed by atoms with Gasteiger partial charge in [-0.05, 0) is 19.6 Å². The molecule has 0 aliphatic carbocycles. The summed E-state index contributed by atoms with van der Waals surface area (Å²) in [6.07, 6.45) is 0. The van der Waals surface area contributed by atoms with Crippen LogP contribution in [0.25, 0.3) is 0 Å². The third-order valence-corrected chi connectivity index (χ3v) is 2.61. The standard InChI is InChI=1S/C5H14O4SSi.Na/c1-11(2,3)9-4-5-10(6,7)8;/h4-5H2,1-3H3,(H,6,7,8);/q;+1/p-1. The minimum atomic E-state index is -4.10. The van der Waals surface area contributed by atoms with E-state index in [9.17, 15) is 13.0 Å². The molecule has 0 atom stereocenters. The largest absolute Gasteiger partial charge is 1.00 e. The van der Waals surface area contributed by atoms with Crippen LogP contribution in [0.5, 0.6) is 0 Å². The topological polar surface area (TPSA) is 66.4 Å². The number of rotatable bonds is 4. The van der Waals surface area contributed by atoms with Crippen molar-refractivity contribution in [3.05, 3.63) is 0 Å². The van der Waals surface area contributed by atoms with E-state index in [0.29, 0.717) is 0 Å². The molecule has 0 N–H and O–H groups in total. The maximum atomic E-state index is 10.1. The average molecular weight is 220 g/mol. The van der Waals surface area contributed by atoms with E-state index in [4.69, 9.17) is 4.43 Å². The van der Waals surface area contributed by atoms with Crippen LogP contribution in [0.15, 0.2) is 0 Å². The van der Waals surface area contributed by atoms with Crippen molar-refractivity contribution in [3.63, 3.8) is 0 Å². The van der Waals surface area contributed by atoms with Crippen molar-refractivity contribution in [2.24, 2.45) is 0 Å². The van der Waals surface area contributed by atoms with E-state index in [2.05, 4.69) is 0 Å². The second-order valence-electron chi connectivity index (χ2n) is 3.22. The smallest absolute Gasteiger partial charge is 0.748 e. The predicted molar refractivity (Wildman–Crippen MR) is 43.9 cm³/mol. The summed E-state index contributed by atoms with van der Waals surface area (Å²) in [5.74, 6) is -0.419. The molecule has 0 radical (unpaired) electrons. The molecule has 0 fully saturated rings. The van der Waals surface area contributed by atoms with Gasteiger partial charge in [0.25, 0.3) is 0 Å². The fourth-order valence-corrected chi connectivity index (χ4v) is 1.60. The Bertz CT molecular complexity index is 208. The van der Waals surface area contributed by atoms with Crippen molar-refractivity contribution in [1.29, 1.82) is 0 Å². The fourth-order valence-electron chi connectivity index (χ4n) is 0.450. The Balaban J connectivity index is 0. The van der Waals surface area contributed by atoms with Gasteiger partial charge in [-0.1, -0.05) is 0 Å². The molecule has 0 bridgehead atoms. The van der Waals surface area contributed by atoms with E-state index >= 15 is 0 Å². The second kappa shape index (κ2) is 5.74. The fraction of sp³-hybridized carbons (Fsp3) is 1.00. The molecule has 0 rings (SSSR count). The van der Waals surface area contributed by atoms with Crippen LogP contribution in [0.2, 0.25) is 19.6 Å². The first-order valence-electron chi connectivity index (χ1n) is 3.28. The first-order valence-corrected chi connectivity index (χ1v) is 8.27. The van der Waals surface area contributed by atoms with Crippen LogP contribution in [0.3, 0.4) is 0 Å². The molecular formula is C5H13NaO4SSi. The molecule has 0 unspecified atom stereocenters. The van der Waals surface area contributed by atoms with E-state index in [-0.39, 0.29) is 36.2 Å². The van der Waals surface area contributed by atoms with Crippen LogP contribution in [0.1, 0.15) is 0 Å². The molecule has 12 heavy (non-hydrogen) atoms. The summed E-state index contributed by atoms with van der Waals surface area (Å²) >= 11 is 0. The average Bonchev–Trinajstić information content (AvgIpc) is 1.55. The molecule has 0 aliphatic rings. The second-order valence-corrected chi connectivity index (χ2v) is 9.26. The normalized spacial score (nSPS) is 12.3. The predicted octanol–water partition coefficient (Wildman–Crippen LogP) is -2.61.